The molecule has 10 heteroatoms. The van der Waals surface area contributed by atoms with Crippen molar-refractivity contribution in [2.24, 2.45) is 0 Å². The van der Waals surface area contributed by atoms with E-state index in [0.717, 1.165) is 10.4 Å². The van der Waals surface area contributed by atoms with E-state index < -0.39 is 34.0 Å². The summed E-state index contributed by atoms with van der Waals surface area (Å²) >= 11 is 0. The number of hydrogen-bond donors (Lipinski definition) is 3. The van der Waals surface area contributed by atoms with Gasteiger partial charge in [0.05, 0.1) is 39.9 Å². The number of aliphatic hydroxyl groups excluding tert-OH is 1. The zero-order valence-corrected chi connectivity index (χ0v) is 19.7. The molecule has 0 fully saturated rings. The molecule has 2 unspecified atom stereocenters. The number of nitrogens with zero attached hydrogens (tertiary/aromatic N) is 2. The van der Waals surface area contributed by atoms with Gasteiger partial charge in [-0.2, -0.15) is 9.57 Å². The van der Waals surface area contributed by atoms with Crippen molar-refractivity contribution < 1.29 is 28.2 Å². The number of amides is 1. The van der Waals surface area contributed by atoms with E-state index in [0.29, 0.717) is 5.56 Å². The molecule has 3 rings (SSSR count). The number of anilines is 1. The van der Waals surface area contributed by atoms with Crippen molar-refractivity contribution in [1.29, 1.82) is 5.26 Å². The van der Waals surface area contributed by atoms with Gasteiger partial charge in [0.15, 0.2) is 0 Å². The maximum atomic E-state index is 13.1. The van der Waals surface area contributed by atoms with Gasteiger partial charge in [0, 0.05) is 12.6 Å². The maximum absolute atomic E-state index is 13.1. The highest BCUT2D eigenvalue weighted by atomic mass is 32.2. The van der Waals surface area contributed by atoms with Gasteiger partial charge in [0.1, 0.15) is 0 Å². The summed E-state index contributed by atoms with van der Waals surface area (Å²) in [6.07, 6.45) is -1.04. The van der Waals surface area contributed by atoms with Crippen LogP contribution in [0.25, 0.3) is 0 Å². The van der Waals surface area contributed by atoms with Crippen LogP contribution >= 0.6 is 0 Å². The summed E-state index contributed by atoms with van der Waals surface area (Å²) in [7, 11) is -2.62. The molecule has 0 aliphatic rings. The van der Waals surface area contributed by atoms with E-state index in [1.54, 1.807) is 37.3 Å². The second-order valence-electron chi connectivity index (χ2n) is 7.77. The predicted molar refractivity (Wildman–Crippen MR) is 128 cm³/mol. The van der Waals surface area contributed by atoms with Gasteiger partial charge in [-0.1, -0.05) is 30.3 Å². The number of carboxylic acids is 1. The molecule has 0 bridgehead atoms. The van der Waals surface area contributed by atoms with Gasteiger partial charge in [0.2, 0.25) is 10.0 Å². The van der Waals surface area contributed by atoms with Crippen LogP contribution in [-0.2, 0) is 10.0 Å². The van der Waals surface area contributed by atoms with Crippen molar-refractivity contribution in [2.75, 3.05) is 12.4 Å². The fourth-order valence-corrected chi connectivity index (χ4v) is 4.75. The standard InChI is InChI=1S/C25H23N3O6S/c1-16(23(29)18-6-4-3-5-7-18)28(2)35(33,34)20-11-9-19(10-12-20)24(30)27-22-13-8-17(15-26)14-21(22)25(31)32/h3-14,16,23,29H,1-2H3,(H,27,30)(H,31,32). The van der Waals surface area contributed by atoms with Crippen LogP contribution in [0, 0.1) is 11.3 Å². The molecule has 0 radical (unpaired) electrons. The van der Waals surface area contributed by atoms with Crippen molar-refractivity contribution in [1.82, 2.24) is 4.31 Å². The Morgan fingerprint density at radius 1 is 1.03 bits per heavy atom. The van der Waals surface area contributed by atoms with E-state index in [1.807, 2.05) is 6.07 Å². The summed E-state index contributed by atoms with van der Waals surface area (Å²) in [5.74, 6) is -1.96. The summed E-state index contributed by atoms with van der Waals surface area (Å²) in [6, 6.07) is 18.7. The summed E-state index contributed by atoms with van der Waals surface area (Å²) in [6.45, 7) is 1.59. The molecule has 3 N–H and O–H groups in total. The summed E-state index contributed by atoms with van der Waals surface area (Å²) in [5.41, 5.74) is 0.568. The van der Waals surface area contributed by atoms with Gasteiger partial charge < -0.3 is 15.5 Å². The van der Waals surface area contributed by atoms with E-state index in [-0.39, 0.29) is 27.3 Å². The number of benzene rings is 3. The number of carbonyl (C=O) groups excluding carboxylic acids is 1. The lowest BCUT2D eigenvalue weighted by atomic mass is 10.0. The average molecular weight is 494 g/mol. The molecule has 0 aromatic heterocycles. The fourth-order valence-electron chi connectivity index (χ4n) is 3.39. The van der Waals surface area contributed by atoms with Gasteiger partial charge in [-0.25, -0.2) is 13.2 Å². The van der Waals surface area contributed by atoms with Crippen molar-refractivity contribution >= 4 is 27.6 Å². The minimum Gasteiger partial charge on any atom is -0.478 e. The number of likely N-dealkylation sites (N-methyl/N-ethyl adjacent to an activating group) is 1. The van der Waals surface area contributed by atoms with E-state index >= 15 is 0 Å². The number of nitrogens with one attached hydrogen (secondary N) is 1. The monoisotopic (exact) mass is 493 g/mol. The van der Waals surface area contributed by atoms with Crippen LogP contribution in [0.15, 0.2) is 77.7 Å². The molecule has 2 atom stereocenters. The fraction of sp³-hybridized carbons (Fsp3) is 0.160. The molecule has 3 aromatic rings. The molecule has 3 aromatic carbocycles. The topological polar surface area (TPSA) is 148 Å². The number of nitriles is 1. The Morgan fingerprint density at radius 2 is 1.66 bits per heavy atom. The van der Waals surface area contributed by atoms with Crippen molar-refractivity contribution in [3.8, 4) is 6.07 Å². The van der Waals surface area contributed by atoms with E-state index in [2.05, 4.69) is 5.32 Å². The summed E-state index contributed by atoms with van der Waals surface area (Å²) in [5, 5.41) is 31.4. The van der Waals surface area contributed by atoms with Crippen LogP contribution in [-0.4, -0.2) is 47.9 Å². The van der Waals surface area contributed by atoms with E-state index in [1.165, 1.54) is 43.4 Å². The lowest BCUT2D eigenvalue weighted by Crippen LogP contribution is -2.39. The highest BCUT2D eigenvalue weighted by Crippen LogP contribution is 2.25. The molecule has 0 saturated carbocycles. The normalized spacial score (nSPS) is 13.0. The summed E-state index contributed by atoms with van der Waals surface area (Å²) in [4.78, 5) is 24.0. The van der Waals surface area contributed by atoms with Crippen LogP contribution in [0.4, 0.5) is 5.69 Å². The zero-order valence-electron chi connectivity index (χ0n) is 18.9. The second-order valence-corrected chi connectivity index (χ2v) is 9.77. The average Bonchev–Trinajstić information content (AvgIpc) is 2.87. The summed E-state index contributed by atoms with van der Waals surface area (Å²) < 4.78 is 27.2. The predicted octanol–water partition coefficient (Wildman–Crippen LogP) is 3.25. The van der Waals surface area contributed by atoms with Crippen molar-refractivity contribution in [3.05, 3.63) is 95.1 Å². The van der Waals surface area contributed by atoms with Crippen LogP contribution in [0.3, 0.4) is 0 Å². The second kappa shape index (κ2) is 10.5. The van der Waals surface area contributed by atoms with Gasteiger partial charge in [-0.05, 0) is 55.0 Å². The Hall–Kier alpha value is -4.04. The molecule has 35 heavy (non-hydrogen) atoms. The van der Waals surface area contributed by atoms with Gasteiger partial charge >= 0.3 is 5.97 Å². The van der Waals surface area contributed by atoms with Gasteiger partial charge in [0.25, 0.3) is 5.91 Å². The highest BCUT2D eigenvalue weighted by molar-refractivity contribution is 7.89. The molecular formula is C25H23N3O6S. The number of aliphatic hydroxyl groups is 1. The lowest BCUT2D eigenvalue weighted by molar-refractivity contribution is 0.0698. The molecule has 180 valence electrons. The molecule has 0 aliphatic carbocycles. The van der Waals surface area contributed by atoms with Crippen LogP contribution in [0.5, 0.6) is 0 Å². The minimum atomic E-state index is -3.98. The Kier molecular flexibility index (Phi) is 7.66. The largest absolute Gasteiger partial charge is 0.478 e. The molecule has 9 nitrogen and oxygen atoms in total. The van der Waals surface area contributed by atoms with Gasteiger partial charge in [-0.15, -0.1) is 0 Å². The lowest BCUT2D eigenvalue weighted by Gasteiger charge is -2.28. The maximum Gasteiger partial charge on any atom is 0.337 e. The first kappa shape index (κ1) is 25.6. The first-order chi connectivity index (χ1) is 16.6. The van der Waals surface area contributed by atoms with Crippen LogP contribution in [0.1, 0.15) is 44.9 Å². The Bertz CT molecular complexity index is 1380. The molecule has 0 aliphatic heterocycles. The smallest absolute Gasteiger partial charge is 0.337 e. The number of rotatable bonds is 8. The Balaban J connectivity index is 1.78. The number of carbonyl (C=O) groups is 2. The van der Waals surface area contributed by atoms with Gasteiger partial charge in [-0.3, -0.25) is 4.79 Å². The van der Waals surface area contributed by atoms with Crippen LogP contribution in [0.2, 0.25) is 0 Å². The van der Waals surface area contributed by atoms with Crippen LogP contribution < -0.4 is 5.32 Å². The number of carboxylic acid groups (broad SMARTS) is 1. The molecular weight excluding hydrogens is 470 g/mol. The third kappa shape index (κ3) is 5.55. The quantitative estimate of drug-likeness (QED) is 0.436. The minimum absolute atomic E-state index is 0.00153. The Labute approximate surface area is 202 Å². The molecule has 1 amide bonds. The number of hydrogen-bond acceptors (Lipinski definition) is 6. The third-order valence-electron chi connectivity index (χ3n) is 5.59. The molecule has 0 heterocycles. The van der Waals surface area contributed by atoms with Crippen molar-refractivity contribution in [3.63, 3.8) is 0 Å². The molecule has 0 saturated heterocycles. The number of sulfonamides is 1. The van der Waals surface area contributed by atoms with E-state index in [9.17, 15) is 28.2 Å². The SMILES string of the molecule is CC(C(O)c1ccccc1)N(C)S(=O)(=O)c1ccc(C(=O)Nc2ccc(C#N)cc2C(=O)O)cc1. The Morgan fingerprint density at radius 3 is 2.23 bits per heavy atom. The molecule has 0 spiro atoms. The zero-order chi connectivity index (χ0) is 25.8. The third-order valence-corrected chi connectivity index (χ3v) is 7.55. The highest BCUT2D eigenvalue weighted by Gasteiger charge is 2.30. The number of aromatic carboxylic acids is 1. The van der Waals surface area contributed by atoms with Crippen molar-refractivity contribution in [2.45, 2.75) is 24.0 Å². The first-order valence-electron chi connectivity index (χ1n) is 10.5. The first-order valence-corrected chi connectivity index (χ1v) is 11.9. The van der Waals surface area contributed by atoms with E-state index in [4.69, 9.17) is 5.26 Å².